The maximum absolute atomic E-state index is 5.86. The van der Waals surface area contributed by atoms with E-state index in [1.807, 2.05) is 6.07 Å². The van der Waals surface area contributed by atoms with Crippen LogP contribution in [0.4, 0.5) is 0 Å². The van der Waals surface area contributed by atoms with E-state index in [1.165, 1.54) is 16.3 Å². The molecule has 0 heterocycles. The summed E-state index contributed by atoms with van der Waals surface area (Å²) in [6, 6.07) is 12.8. The highest BCUT2D eigenvalue weighted by Crippen LogP contribution is 2.31. The number of hydrogen-bond acceptors (Lipinski definition) is 1. The van der Waals surface area contributed by atoms with Crippen LogP contribution >= 0.6 is 0 Å². The van der Waals surface area contributed by atoms with Gasteiger partial charge in [0, 0.05) is 5.39 Å². The van der Waals surface area contributed by atoms with Gasteiger partial charge in [-0.25, -0.2) is 0 Å². The first-order valence-electron chi connectivity index (χ1n) is 6.28. The highest BCUT2D eigenvalue weighted by atomic mass is 16.5. The van der Waals surface area contributed by atoms with E-state index in [1.54, 1.807) is 0 Å². The van der Waals surface area contributed by atoms with Crippen LogP contribution < -0.4 is 4.74 Å². The van der Waals surface area contributed by atoms with Crippen LogP contribution in [0.5, 0.6) is 5.75 Å². The molecule has 0 aromatic heterocycles. The average Bonchev–Trinajstić information content (AvgIpc) is 2.28. The second-order valence-electron chi connectivity index (χ2n) is 5.02. The van der Waals surface area contributed by atoms with Crippen LogP contribution in [0.2, 0.25) is 0 Å². The van der Waals surface area contributed by atoms with Crippen LogP contribution in [0.3, 0.4) is 0 Å². The summed E-state index contributed by atoms with van der Waals surface area (Å²) in [6.07, 6.45) is 0.211. The minimum atomic E-state index is 0.211. The first-order chi connectivity index (χ1) is 8.09. The summed E-state index contributed by atoms with van der Waals surface area (Å²) in [6.45, 7) is 8.58. The largest absolute Gasteiger partial charge is 0.490 e. The number of rotatable bonds is 3. The molecule has 1 heteroatoms. The molecule has 0 saturated heterocycles. The molecule has 0 saturated carbocycles. The molecule has 2 aromatic carbocycles. The molecule has 0 amide bonds. The van der Waals surface area contributed by atoms with Gasteiger partial charge in [0.25, 0.3) is 0 Å². The van der Waals surface area contributed by atoms with Crippen molar-refractivity contribution < 1.29 is 4.74 Å². The summed E-state index contributed by atoms with van der Waals surface area (Å²) in [7, 11) is 0. The van der Waals surface area contributed by atoms with E-state index < -0.39 is 0 Å². The Labute approximate surface area is 103 Å². The fraction of sp³-hybridized carbons (Fsp3) is 0.375. The summed E-state index contributed by atoms with van der Waals surface area (Å²) in [5, 5.41) is 2.52. The van der Waals surface area contributed by atoms with E-state index in [-0.39, 0.29) is 6.10 Å². The van der Waals surface area contributed by atoms with Crippen molar-refractivity contribution in [2.75, 3.05) is 0 Å². The highest BCUT2D eigenvalue weighted by molar-refractivity contribution is 5.91. The van der Waals surface area contributed by atoms with Crippen molar-refractivity contribution in [1.29, 1.82) is 0 Å². The third kappa shape index (κ3) is 2.44. The van der Waals surface area contributed by atoms with Crippen molar-refractivity contribution in [3.63, 3.8) is 0 Å². The third-order valence-electron chi connectivity index (χ3n) is 2.90. The zero-order valence-corrected chi connectivity index (χ0v) is 11.0. The zero-order chi connectivity index (χ0) is 12.4. The fourth-order valence-electron chi connectivity index (χ4n) is 2.17. The molecule has 2 rings (SSSR count). The van der Waals surface area contributed by atoms with E-state index in [0.29, 0.717) is 5.92 Å². The van der Waals surface area contributed by atoms with Crippen LogP contribution in [0.25, 0.3) is 10.8 Å². The Kier molecular flexibility index (Phi) is 3.37. The normalized spacial score (nSPS) is 11.4. The highest BCUT2D eigenvalue weighted by Gasteiger charge is 2.08. The molecule has 0 atom stereocenters. The Morgan fingerprint density at radius 1 is 0.824 bits per heavy atom. The summed E-state index contributed by atoms with van der Waals surface area (Å²) in [4.78, 5) is 0. The summed E-state index contributed by atoms with van der Waals surface area (Å²) in [5.74, 6) is 1.52. The molecule has 90 valence electrons. The summed E-state index contributed by atoms with van der Waals surface area (Å²) < 4.78 is 5.86. The van der Waals surface area contributed by atoms with Gasteiger partial charge in [0.15, 0.2) is 0 Å². The lowest BCUT2D eigenvalue weighted by atomic mass is 9.96. The number of hydrogen-bond donors (Lipinski definition) is 0. The molecule has 17 heavy (non-hydrogen) atoms. The van der Waals surface area contributed by atoms with Crippen LogP contribution in [-0.4, -0.2) is 6.10 Å². The zero-order valence-electron chi connectivity index (χ0n) is 11.0. The Hall–Kier alpha value is -1.50. The van der Waals surface area contributed by atoms with Crippen LogP contribution in [0.1, 0.15) is 39.2 Å². The van der Waals surface area contributed by atoms with Gasteiger partial charge in [-0.05, 0) is 36.8 Å². The molecule has 1 nitrogen and oxygen atoms in total. The Balaban J connectivity index is 2.61. The van der Waals surface area contributed by atoms with E-state index in [9.17, 15) is 0 Å². The van der Waals surface area contributed by atoms with E-state index in [0.717, 1.165) is 5.75 Å². The van der Waals surface area contributed by atoms with Gasteiger partial charge in [0.1, 0.15) is 5.75 Å². The smallest absolute Gasteiger partial charge is 0.127 e. The molecule has 0 unspecified atom stereocenters. The lowest BCUT2D eigenvalue weighted by Crippen LogP contribution is -2.06. The molecule has 0 radical (unpaired) electrons. The molecule has 0 spiro atoms. The second-order valence-corrected chi connectivity index (χ2v) is 5.02. The first kappa shape index (κ1) is 12.0. The van der Waals surface area contributed by atoms with Gasteiger partial charge in [-0.1, -0.05) is 44.2 Å². The van der Waals surface area contributed by atoms with Crippen molar-refractivity contribution in [2.45, 2.75) is 39.7 Å². The Morgan fingerprint density at radius 2 is 1.47 bits per heavy atom. The van der Waals surface area contributed by atoms with E-state index in [2.05, 4.69) is 58.0 Å². The van der Waals surface area contributed by atoms with Crippen LogP contribution in [0.15, 0.2) is 36.4 Å². The molecular weight excluding hydrogens is 208 g/mol. The van der Waals surface area contributed by atoms with Gasteiger partial charge in [-0.2, -0.15) is 0 Å². The molecule has 0 N–H and O–H groups in total. The summed E-state index contributed by atoms with van der Waals surface area (Å²) in [5.41, 5.74) is 1.39. The lowest BCUT2D eigenvalue weighted by Gasteiger charge is -2.15. The van der Waals surface area contributed by atoms with Crippen molar-refractivity contribution >= 4 is 10.8 Å². The van der Waals surface area contributed by atoms with Crippen LogP contribution in [-0.2, 0) is 0 Å². The fourth-order valence-corrected chi connectivity index (χ4v) is 2.17. The third-order valence-corrected chi connectivity index (χ3v) is 2.90. The maximum Gasteiger partial charge on any atom is 0.127 e. The van der Waals surface area contributed by atoms with Crippen molar-refractivity contribution in [3.05, 3.63) is 42.0 Å². The standard InChI is InChI=1S/C16H20O/c1-11(2)13-7-5-9-15-14(13)8-6-10-16(15)17-12(3)4/h5-12H,1-4H3. The maximum atomic E-state index is 5.86. The minimum absolute atomic E-state index is 0.211. The molecule has 2 aromatic rings. The molecule has 0 aliphatic carbocycles. The predicted molar refractivity (Wildman–Crippen MR) is 73.8 cm³/mol. The van der Waals surface area contributed by atoms with Gasteiger partial charge in [0.2, 0.25) is 0 Å². The minimum Gasteiger partial charge on any atom is -0.490 e. The van der Waals surface area contributed by atoms with Crippen molar-refractivity contribution in [2.24, 2.45) is 0 Å². The topological polar surface area (TPSA) is 9.23 Å². The van der Waals surface area contributed by atoms with Gasteiger partial charge < -0.3 is 4.74 Å². The van der Waals surface area contributed by atoms with Gasteiger partial charge >= 0.3 is 0 Å². The van der Waals surface area contributed by atoms with Crippen molar-refractivity contribution in [1.82, 2.24) is 0 Å². The molecule has 0 bridgehead atoms. The molecule has 0 aliphatic rings. The quantitative estimate of drug-likeness (QED) is 0.736. The average molecular weight is 228 g/mol. The molecule has 0 aliphatic heterocycles. The molecule has 0 fully saturated rings. The number of benzene rings is 2. The van der Waals surface area contributed by atoms with Gasteiger partial charge in [0.05, 0.1) is 6.10 Å². The van der Waals surface area contributed by atoms with E-state index >= 15 is 0 Å². The number of ether oxygens (including phenoxy) is 1. The lowest BCUT2D eigenvalue weighted by molar-refractivity contribution is 0.245. The summed E-state index contributed by atoms with van der Waals surface area (Å²) >= 11 is 0. The number of fused-ring (bicyclic) bond motifs is 1. The monoisotopic (exact) mass is 228 g/mol. The predicted octanol–water partition coefficient (Wildman–Crippen LogP) is 4.75. The van der Waals surface area contributed by atoms with Gasteiger partial charge in [-0.3, -0.25) is 0 Å². The molecular formula is C16H20O. The van der Waals surface area contributed by atoms with Crippen LogP contribution in [0, 0.1) is 0 Å². The Bertz CT molecular complexity index is 512. The SMILES string of the molecule is CC(C)Oc1cccc2c(C(C)C)cccc12. The van der Waals surface area contributed by atoms with Crippen molar-refractivity contribution in [3.8, 4) is 5.75 Å². The first-order valence-corrected chi connectivity index (χ1v) is 6.28. The second kappa shape index (κ2) is 4.79. The van der Waals surface area contributed by atoms with Gasteiger partial charge in [-0.15, -0.1) is 0 Å². The van der Waals surface area contributed by atoms with E-state index in [4.69, 9.17) is 4.74 Å². The Morgan fingerprint density at radius 3 is 2.12 bits per heavy atom.